The van der Waals surface area contributed by atoms with E-state index >= 15 is 0 Å². The third-order valence-electron chi connectivity index (χ3n) is 3.92. The van der Waals surface area contributed by atoms with E-state index in [4.69, 9.17) is 52.9 Å². The van der Waals surface area contributed by atoms with E-state index in [9.17, 15) is 0 Å². The third kappa shape index (κ3) is 6.16. The van der Waals surface area contributed by atoms with Crippen LogP contribution in [0.25, 0.3) is 0 Å². The summed E-state index contributed by atoms with van der Waals surface area (Å²) < 4.78 is 36.3. The Bertz CT molecular complexity index is 481. The van der Waals surface area contributed by atoms with Gasteiger partial charge in [0.1, 0.15) is 12.2 Å². The highest BCUT2D eigenvalue weighted by atomic mass is 32.2. The molecule has 2 rings (SSSR count). The minimum Gasteiger partial charge on any atom is -0.468 e. The van der Waals surface area contributed by atoms with E-state index < -0.39 is 23.8 Å². The maximum absolute atomic E-state index is 6.02. The first-order valence-corrected chi connectivity index (χ1v) is 11.5. The van der Waals surface area contributed by atoms with Crippen molar-refractivity contribution in [2.24, 2.45) is 0 Å². The summed E-state index contributed by atoms with van der Waals surface area (Å²) in [5.41, 5.74) is 0. The molecule has 2 saturated heterocycles. The fraction of sp³-hybridized carbons (Fsp3) is 0.875. The molecule has 10 heteroatoms. The Hall–Kier alpha value is 0.320. The van der Waals surface area contributed by atoms with Crippen LogP contribution in [0.3, 0.4) is 0 Å². The van der Waals surface area contributed by atoms with Crippen LogP contribution in [0.4, 0.5) is 0 Å². The Labute approximate surface area is 174 Å². The zero-order valence-corrected chi connectivity index (χ0v) is 19.1. The smallest absolute Gasteiger partial charge is 0.220 e. The number of rotatable bonds is 5. The van der Waals surface area contributed by atoms with Crippen molar-refractivity contribution in [3.63, 3.8) is 0 Å². The lowest BCUT2D eigenvalue weighted by atomic mass is 10.0. The van der Waals surface area contributed by atoms with Crippen LogP contribution >= 0.6 is 48.0 Å². The van der Waals surface area contributed by atoms with Crippen LogP contribution < -0.4 is 0 Å². The van der Waals surface area contributed by atoms with Gasteiger partial charge in [0.2, 0.25) is 8.77 Å². The SMILES string of the molecule is CSC(=S)O[C@@H]([C@H](OC(=S)SC)[C@H]1COC(C)(C)O1)[C@H]1COC(C)(C)O1. The van der Waals surface area contributed by atoms with Gasteiger partial charge in [-0.3, -0.25) is 0 Å². The molecule has 150 valence electrons. The van der Waals surface area contributed by atoms with Crippen molar-refractivity contribution < 1.29 is 28.4 Å². The van der Waals surface area contributed by atoms with Gasteiger partial charge in [0.25, 0.3) is 0 Å². The first-order valence-electron chi connectivity index (χ1n) is 8.19. The molecular weight excluding hydrogens is 416 g/mol. The van der Waals surface area contributed by atoms with Gasteiger partial charge >= 0.3 is 0 Å². The molecule has 2 fully saturated rings. The molecule has 4 atom stereocenters. The Morgan fingerprint density at radius 3 is 1.42 bits per heavy atom. The molecule has 0 aromatic heterocycles. The van der Waals surface area contributed by atoms with E-state index in [2.05, 4.69) is 0 Å². The Morgan fingerprint density at radius 1 is 0.846 bits per heavy atom. The molecule has 0 radical (unpaired) electrons. The topological polar surface area (TPSA) is 55.4 Å². The maximum Gasteiger partial charge on any atom is 0.220 e. The second-order valence-corrected chi connectivity index (χ2v) is 9.62. The average Bonchev–Trinajstić information content (AvgIpc) is 3.11. The molecule has 0 aliphatic carbocycles. The van der Waals surface area contributed by atoms with Crippen LogP contribution in [0.15, 0.2) is 0 Å². The Morgan fingerprint density at radius 2 is 1.19 bits per heavy atom. The summed E-state index contributed by atoms with van der Waals surface area (Å²) in [6.45, 7) is 8.15. The van der Waals surface area contributed by atoms with Gasteiger partial charge in [-0.25, -0.2) is 0 Å². The maximum atomic E-state index is 6.02. The standard InChI is InChI=1S/C16H26O6S4/c1-15(2)17-7-9(21-15)11(19-13(23)25-5)12(20-14(24)26-6)10-8-18-16(3,4)22-10/h9-12H,7-8H2,1-6H3/t9-,10-,11-,12-/m1/s1. The summed E-state index contributed by atoms with van der Waals surface area (Å²) in [5.74, 6) is -1.41. The molecule has 2 aliphatic heterocycles. The van der Waals surface area contributed by atoms with Crippen molar-refractivity contribution >= 4 is 56.7 Å². The quantitative estimate of drug-likeness (QED) is 0.592. The van der Waals surface area contributed by atoms with Crippen LogP contribution in [-0.2, 0) is 28.4 Å². The van der Waals surface area contributed by atoms with E-state index in [1.54, 1.807) is 0 Å². The van der Waals surface area contributed by atoms with Crippen LogP contribution in [0.1, 0.15) is 27.7 Å². The monoisotopic (exact) mass is 442 g/mol. The van der Waals surface area contributed by atoms with E-state index in [1.165, 1.54) is 23.5 Å². The van der Waals surface area contributed by atoms with E-state index in [-0.39, 0.29) is 12.2 Å². The van der Waals surface area contributed by atoms with Crippen molar-refractivity contribution in [1.29, 1.82) is 0 Å². The van der Waals surface area contributed by atoms with Crippen LogP contribution in [0, 0.1) is 0 Å². The molecule has 0 aromatic rings. The molecule has 0 saturated carbocycles. The van der Waals surface area contributed by atoms with Gasteiger partial charge in [-0.2, -0.15) is 0 Å². The van der Waals surface area contributed by atoms with Crippen molar-refractivity contribution in [2.45, 2.75) is 63.7 Å². The number of hydrogen-bond acceptors (Lipinski definition) is 10. The summed E-state index contributed by atoms with van der Waals surface area (Å²) in [6.07, 6.45) is 1.86. The highest BCUT2D eigenvalue weighted by molar-refractivity contribution is 8.22. The minimum atomic E-state index is -0.704. The van der Waals surface area contributed by atoms with Gasteiger partial charge in [0.05, 0.1) is 13.2 Å². The van der Waals surface area contributed by atoms with Gasteiger partial charge in [-0.15, -0.1) is 0 Å². The molecule has 26 heavy (non-hydrogen) atoms. The fourth-order valence-corrected chi connectivity index (χ4v) is 3.42. The molecule has 0 unspecified atom stereocenters. The Kier molecular flexibility index (Phi) is 8.01. The fourth-order valence-electron chi connectivity index (χ4n) is 2.78. The third-order valence-corrected chi connectivity index (χ3v) is 5.97. The minimum absolute atomic E-state index is 0.359. The van der Waals surface area contributed by atoms with Crippen molar-refractivity contribution in [2.75, 3.05) is 25.7 Å². The van der Waals surface area contributed by atoms with Crippen molar-refractivity contribution in [1.82, 2.24) is 0 Å². The predicted molar refractivity (Wildman–Crippen MR) is 112 cm³/mol. The molecule has 0 aromatic carbocycles. The second kappa shape index (κ2) is 9.21. The summed E-state index contributed by atoms with van der Waals surface area (Å²) in [7, 11) is 0. The number of hydrogen-bond donors (Lipinski definition) is 0. The van der Waals surface area contributed by atoms with Crippen molar-refractivity contribution in [3.8, 4) is 0 Å². The van der Waals surface area contributed by atoms with Gasteiger partial charge in [-0.05, 0) is 64.6 Å². The molecule has 2 heterocycles. The lowest BCUT2D eigenvalue weighted by molar-refractivity contribution is -0.177. The molecule has 6 nitrogen and oxygen atoms in total. The lowest BCUT2D eigenvalue weighted by Gasteiger charge is -2.34. The zero-order chi connectivity index (χ0) is 19.5. The molecule has 0 spiro atoms. The molecule has 0 amide bonds. The summed E-state index contributed by atoms with van der Waals surface area (Å²) >= 11 is 13.3. The van der Waals surface area contributed by atoms with Gasteiger partial charge in [0, 0.05) is 0 Å². The summed E-state index contributed by atoms with van der Waals surface area (Å²) in [6, 6.07) is 0. The highest BCUT2D eigenvalue weighted by Crippen LogP contribution is 2.33. The van der Waals surface area contributed by atoms with Gasteiger partial charge in [-0.1, -0.05) is 23.5 Å². The molecule has 2 aliphatic rings. The summed E-state index contributed by atoms with van der Waals surface area (Å²) in [4.78, 5) is 0. The largest absolute Gasteiger partial charge is 0.468 e. The first-order chi connectivity index (χ1) is 12.1. The molecule has 0 N–H and O–H groups in total. The normalized spacial score (nSPS) is 29.2. The van der Waals surface area contributed by atoms with Crippen LogP contribution in [0.2, 0.25) is 0 Å². The van der Waals surface area contributed by atoms with Gasteiger partial charge in [0.15, 0.2) is 23.8 Å². The van der Waals surface area contributed by atoms with E-state index in [0.29, 0.717) is 22.0 Å². The predicted octanol–water partition coefficient (Wildman–Crippen LogP) is 3.36. The summed E-state index contributed by atoms with van der Waals surface area (Å²) in [5, 5.41) is 0. The Balaban J connectivity index is 2.27. The number of thioether (sulfide) groups is 2. The lowest BCUT2D eigenvalue weighted by Crippen LogP contribution is -2.51. The number of ether oxygens (including phenoxy) is 6. The molecule has 0 bridgehead atoms. The van der Waals surface area contributed by atoms with Crippen LogP contribution in [0.5, 0.6) is 0 Å². The zero-order valence-electron chi connectivity index (χ0n) is 15.8. The highest BCUT2D eigenvalue weighted by Gasteiger charge is 2.49. The average molecular weight is 443 g/mol. The van der Waals surface area contributed by atoms with E-state index in [1.807, 2.05) is 40.2 Å². The first kappa shape index (κ1) is 22.6. The molecular formula is C16H26O6S4. The van der Waals surface area contributed by atoms with Crippen molar-refractivity contribution in [3.05, 3.63) is 0 Å². The van der Waals surface area contributed by atoms with E-state index in [0.717, 1.165) is 0 Å². The van der Waals surface area contributed by atoms with Crippen LogP contribution in [-0.4, -0.2) is 70.5 Å². The second-order valence-electron chi connectivity index (χ2n) is 6.81. The van der Waals surface area contributed by atoms with Gasteiger partial charge < -0.3 is 28.4 Å². The number of thiocarbonyl (C=S) groups is 2.